The third kappa shape index (κ3) is 2.33. The van der Waals surface area contributed by atoms with Gasteiger partial charge in [-0.1, -0.05) is 24.3 Å². The van der Waals surface area contributed by atoms with Crippen LogP contribution in [0, 0.1) is 0 Å². The highest BCUT2D eigenvalue weighted by molar-refractivity contribution is 7.16. The highest BCUT2D eigenvalue weighted by Crippen LogP contribution is 2.24. The molecule has 3 nitrogen and oxygen atoms in total. The number of phenols is 1. The van der Waals surface area contributed by atoms with Crippen LogP contribution in [0.3, 0.4) is 0 Å². The van der Waals surface area contributed by atoms with E-state index in [1.54, 1.807) is 29.6 Å². The maximum Gasteiger partial charge on any atom is 0.196 e. The lowest BCUT2D eigenvalue weighted by Crippen LogP contribution is -2.06. The molecule has 0 saturated carbocycles. The Hall–Kier alpha value is -2.46. The Morgan fingerprint density at radius 1 is 1.05 bits per heavy atom. The quantitative estimate of drug-likeness (QED) is 0.728. The molecular formula is C16H11NO2S. The minimum absolute atomic E-state index is 0.0430. The second kappa shape index (κ2) is 5.27. The zero-order chi connectivity index (χ0) is 13.9. The van der Waals surface area contributed by atoms with Crippen LogP contribution < -0.4 is 5.43 Å². The number of benzene rings is 2. The van der Waals surface area contributed by atoms with Crippen LogP contribution in [0.15, 0.2) is 63.7 Å². The van der Waals surface area contributed by atoms with E-state index in [2.05, 4.69) is 4.99 Å². The minimum Gasteiger partial charge on any atom is -0.506 e. The Morgan fingerprint density at radius 2 is 1.80 bits per heavy atom. The molecule has 98 valence electrons. The molecule has 0 aliphatic rings. The first kappa shape index (κ1) is 12.6. The van der Waals surface area contributed by atoms with Crippen LogP contribution in [-0.4, -0.2) is 11.3 Å². The molecule has 1 heterocycles. The van der Waals surface area contributed by atoms with E-state index in [1.165, 1.54) is 17.6 Å². The average Bonchev–Trinajstić information content (AvgIpc) is 2.48. The van der Waals surface area contributed by atoms with Gasteiger partial charge in [0, 0.05) is 21.7 Å². The molecule has 20 heavy (non-hydrogen) atoms. The lowest BCUT2D eigenvalue weighted by Gasteiger charge is -1.98. The van der Waals surface area contributed by atoms with Gasteiger partial charge < -0.3 is 5.11 Å². The number of fused-ring (bicyclic) bond motifs is 1. The van der Waals surface area contributed by atoms with Gasteiger partial charge in [0.1, 0.15) is 11.4 Å². The van der Waals surface area contributed by atoms with Gasteiger partial charge in [0.25, 0.3) is 0 Å². The van der Waals surface area contributed by atoms with E-state index in [1.807, 2.05) is 24.3 Å². The monoisotopic (exact) mass is 281 g/mol. The van der Waals surface area contributed by atoms with Crippen LogP contribution in [0.25, 0.3) is 10.1 Å². The predicted octanol–water partition coefficient (Wildman–Crippen LogP) is 3.72. The molecule has 1 aromatic heterocycles. The smallest absolute Gasteiger partial charge is 0.196 e. The van der Waals surface area contributed by atoms with Crippen LogP contribution in [0.2, 0.25) is 0 Å². The summed E-state index contributed by atoms with van der Waals surface area (Å²) in [5, 5.41) is 12.1. The van der Waals surface area contributed by atoms with E-state index >= 15 is 0 Å². The van der Waals surface area contributed by atoms with Crippen molar-refractivity contribution in [2.75, 3.05) is 0 Å². The summed E-state index contributed by atoms with van der Waals surface area (Å²) in [5.74, 6) is 0.0978. The number of phenolic OH excluding ortho intramolecular Hbond substituents is 1. The highest BCUT2D eigenvalue weighted by Gasteiger charge is 2.03. The summed E-state index contributed by atoms with van der Waals surface area (Å²) in [6.45, 7) is 0. The van der Waals surface area contributed by atoms with E-state index in [4.69, 9.17) is 0 Å². The summed E-state index contributed by atoms with van der Waals surface area (Å²) < 4.78 is 0.956. The van der Waals surface area contributed by atoms with Gasteiger partial charge in [-0.15, -0.1) is 11.3 Å². The van der Waals surface area contributed by atoms with Gasteiger partial charge in [-0.2, -0.15) is 0 Å². The molecule has 0 amide bonds. The van der Waals surface area contributed by atoms with Gasteiger partial charge in [-0.25, -0.2) is 0 Å². The fraction of sp³-hybridized carbons (Fsp3) is 0. The van der Waals surface area contributed by atoms with Gasteiger partial charge in [-0.3, -0.25) is 9.79 Å². The lowest BCUT2D eigenvalue weighted by atomic mass is 10.2. The van der Waals surface area contributed by atoms with Crippen LogP contribution in [0.5, 0.6) is 5.75 Å². The van der Waals surface area contributed by atoms with Crippen molar-refractivity contribution in [1.82, 2.24) is 0 Å². The number of para-hydroxylation sites is 2. The second-order valence-electron chi connectivity index (χ2n) is 4.26. The molecule has 0 aliphatic carbocycles. The van der Waals surface area contributed by atoms with Crippen LogP contribution in [0.4, 0.5) is 5.69 Å². The summed E-state index contributed by atoms with van der Waals surface area (Å²) in [4.78, 5) is 16.5. The molecule has 0 aliphatic heterocycles. The summed E-state index contributed by atoms with van der Waals surface area (Å²) in [7, 11) is 0. The van der Waals surface area contributed by atoms with Gasteiger partial charge >= 0.3 is 0 Å². The Labute approximate surface area is 119 Å². The largest absolute Gasteiger partial charge is 0.506 e. The summed E-state index contributed by atoms with van der Waals surface area (Å²) in [6, 6.07) is 14.3. The number of nitrogens with zero attached hydrogens (tertiary/aromatic N) is 1. The lowest BCUT2D eigenvalue weighted by molar-refractivity contribution is 0.477. The van der Waals surface area contributed by atoms with E-state index in [0.29, 0.717) is 16.6 Å². The number of rotatable bonds is 2. The van der Waals surface area contributed by atoms with Crippen molar-refractivity contribution >= 4 is 33.3 Å². The molecule has 0 saturated heterocycles. The Kier molecular flexibility index (Phi) is 3.31. The first-order valence-electron chi connectivity index (χ1n) is 6.08. The summed E-state index contributed by atoms with van der Waals surface area (Å²) >= 11 is 1.50. The third-order valence-electron chi connectivity index (χ3n) is 2.93. The highest BCUT2D eigenvalue weighted by atomic mass is 32.1. The van der Waals surface area contributed by atoms with Crippen molar-refractivity contribution in [3.05, 3.63) is 69.7 Å². The Balaban J connectivity index is 2.06. The summed E-state index contributed by atoms with van der Waals surface area (Å²) in [6.07, 6.45) is 1.50. The van der Waals surface area contributed by atoms with Crippen molar-refractivity contribution in [3.63, 3.8) is 0 Å². The van der Waals surface area contributed by atoms with Crippen molar-refractivity contribution in [3.8, 4) is 5.75 Å². The number of hydrogen-bond donors (Lipinski definition) is 1. The molecular weight excluding hydrogens is 270 g/mol. The number of aliphatic imine (C=N–C) groups is 1. The summed E-state index contributed by atoms with van der Waals surface area (Å²) in [5.41, 5.74) is 0.931. The fourth-order valence-corrected chi connectivity index (χ4v) is 2.76. The topological polar surface area (TPSA) is 49.7 Å². The van der Waals surface area contributed by atoms with E-state index in [0.717, 1.165) is 4.70 Å². The van der Waals surface area contributed by atoms with Crippen LogP contribution in [-0.2, 0) is 0 Å². The molecule has 3 aromatic rings. The van der Waals surface area contributed by atoms with Gasteiger partial charge in [0.05, 0.1) is 5.56 Å². The Bertz CT molecular complexity index is 852. The van der Waals surface area contributed by atoms with E-state index in [-0.39, 0.29) is 11.2 Å². The molecule has 3 rings (SSSR count). The zero-order valence-electron chi connectivity index (χ0n) is 10.5. The first-order chi connectivity index (χ1) is 9.75. The Morgan fingerprint density at radius 3 is 2.65 bits per heavy atom. The van der Waals surface area contributed by atoms with E-state index < -0.39 is 0 Å². The van der Waals surface area contributed by atoms with Crippen molar-refractivity contribution in [2.45, 2.75) is 0 Å². The molecule has 1 N–H and O–H groups in total. The number of aromatic hydroxyl groups is 1. The normalized spacial score (nSPS) is 11.2. The molecule has 0 spiro atoms. The molecule has 0 bridgehead atoms. The molecule has 0 radical (unpaired) electrons. The van der Waals surface area contributed by atoms with Crippen molar-refractivity contribution < 1.29 is 5.11 Å². The molecule has 0 unspecified atom stereocenters. The molecule has 2 aromatic carbocycles. The molecule has 4 heteroatoms. The SMILES string of the molecule is O=c1c(C=Nc2ccccc2O)csc2ccccc12. The van der Waals surface area contributed by atoms with Gasteiger partial charge in [0.15, 0.2) is 5.43 Å². The van der Waals surface area contributed by atoms with Gasteiger partial charge in [0.2, 0.25) is 0 Å². The maximum absolute atomic E-state index is 12.3. The molecule has 0 fully saturated rings. The van der Waals surface area contributed by atoms with E-state index in [9.17, 15) is 9.90 Å². The average molecular weight is 281 g/mol. The minimum atomic E-state index is -0.0430. The molecule has 0 atom stereocenters. The van der Waals surface area contributed by atoms with Crippen molar-refractivity contribution in [2.24, 2.45) is 4.99 Å². The third-order valence-corrected chi connectivity index (χ3v) is 3.91. The zero-order valence-corrected chi connectivity index (χ0v) is 11.3. The van der Waals surface area contributed by atoms with Gasteiger partial charge in [-0.05, 0) is 24.3 Å². The predicted molar refractivity (Wildman–Crippen MR) is 83.5 cm³/mol. The number of hydrogen-bond acceptors (Lipinski definition) is 4. The maximum atomic E-state index is 12.3. The van der Waals surface area contributed by atoms with Crippen molar-refractivity contribution in [1.29, 1.82) is 0 Å². The second-order valence-corrected chi connectivity index (χ2v) is 5.17. The fourth-order valence-electron chi connectivity index (χ4n) is 1.89. The van der Waals surface area contributed by atoms with Crippen LogP contribution in [0.1, 0.15) is 5.56 Å². The standard InChI is InChI=1S/C16H11NO2S/c18-14-7-3-2-6-13(14)17-9-11-10-20-15-8-4-1-5-12(15)16(11)19/h1-10,18H. The van der Waals surface area contributed by atoms with Crippen LogP contribution >= 0.6 is 11.3 Å². The first-order valence-corrected chi connectivity index (χ1v) is 6.96.